The first-order valence-corrected chi connectivity index (χ1v) is 7.88. The minimum atomic E-state index is 0. The Morgan fingerprint density at radius 3 is 2.83 bits per heavy atom. The summed E-state index contributed by atoms with van der Waals surface area (Å²) < 4.78 is 5.56. The van der Waals surface area contributed by atoms with Crippen molar-refractivity contribution in [1.29, 1.82) is 0 Å². The zero-order valence-electron chi connectivity index (χ0n) is 13.8. The molecule has 0 bridgehead atoms. The van der Waals surface area contributed by atoms with Gasteiger partial charge in [-0.1, -0.05) is 48.6 Å². The number of hydrogen-bond donors (Lipinski definition) is 0. The lowest BCUT2D eigenvalue weighted by Crippen LogP contribution is -2.17. The molecule has 0 saturated heterocycles. The van der Waals surface area contributed by atoms with Gasteiger partial charge in [-0.05, 0) is 42.3 Å². The van der Waals surface area contributed by atoms with Crippen LogP contribution in [0.25, 0.3) is 6.08 Å². The van der Waals surface area contributed by atoms with Crippen molar-refractivity contribution in [3.05, 3.63) is 70.8 Å². The lowest BCUT2D eigenvalue weighted by atomic mass is 10.1. The van der Waals surface area contributed by atoms with Crippen LogP contribution < -0.4 is 4.74 Å². The maximum Gasteiger partial charge on any atom is 0.122 e. The van der Waals surface area contributed by atoms with Gasteiger partial charge in [0.2, 0.25) is 0 Å². The molecule has 0 fully saturated rings. The first kappa shape index (κ1) is 17.6. The molecule has 0 aromatic heterocycles. The molecule has 122 valence electrons. The van der Waals surface area contributed by atoms with Crippen molar-refractivity contribution < 1.29 is 4.74 Å². The normalized spacial score (nSPS) is 13.0. The molecule has 0 atom stereocenters. The molecule has 0 aliphatic carbocycles. The van der Waals surface area contributed by atoms with Gasteiger partial charge in [-0.3, -0.25) is 4.90 Å². The molecule has 1 aliphatic rings. The molecule has 0 radical (unpaired) electrons. The zero-order chi connectivity index (χ0) is 15.4. The van der Waals surface area contributed by atoms with Gasteiger partial charge in [0.15, 0.2) is 0 Å². The van der Waals surface area contributed by atoms with Crippen molar-refractivity contribution in [2.75, 3.05) is 20.2 Å². The number of ether oxygens (including phenoxy) is 1. The van der Waals surface area contributed by atoms with Crippen LogP contribution in [0.3, 0.4) is 0 Å². The summed E-state index contributed by atoms with van der Waals surface area (Å²) in [5.74, 6) is 1.06. The number of aryl methyl sites for hydroxylation is 1. The maximum absolute atomic E-state index is 5.56. The zero-order valence-corrected chi connectivity index (χ0v) is 14.6. The second-order valence-electron chi connectivity index (χ2n) is 6.00. The molecule has 3 heteroatoms. The summed E-state index contributed by atoms with van der Waals surface area (Å²) >= 11 is 0. The van der Waals surface area contributed by atoms with Gasteiger partial charge in [-0.15, -0.1) is 12.4 Å². The van der Waals surface area contributed by atoms with E-state index in [0.29, 0.717) is 0 Å². The first-order valence-electron chi connectivity index (χ1n) is 7.88. The average molecular weight is 330 g/mol. The van der Waals surface area contributed by atoms with E-state index < -0.39 is 0 Å². The number of nitrogens with zero attached hydrogens (tertiary/aromatic N) is 1. The predicted molar refractivity (Wildman–Crippen MR) is 99.4 cm³/mol. The monoisotopic (exact) mass is 329 g/mol. The Labute approximate surface area is 145 Å². The largest absolute Gasteiger partial charge is 0.493 e. The number of benzene rings is 2. The number of likely N-dealkylation sites (N-methyl/N-ethyl adjacent to an activating group) is 1. The van der Waals surface area contributed by atoms with Gasteiger partial charge in [0.05, 0.1) is 6.61 Å². The van der Waals surface area contributed by atoms with E-state index in [1.807, 2.05) is 0 Å². The standard InChI is InChI=1S/C20H23NO.ClH/c1-16-6-3-4-7-18(16)8-5-12-21(2)15-17-9-10-20-19(14-17)11-13-22-20;/h3-10,14H,11-13,15H2,1-2H3;1H/b8-5+;. The molecule has 1 heterocycles. The summed E-state index contributed by atoms with van der Waals surface area (Å²) in [6, 6.07) is 15.0. The van der Waals surface area contributed by atoms with E-state index in [4.69, 9.17) is 4.74 Å². The molecular formula is C20H24ClNO. The van der Waals surface area contributed by atoms with E-state index in [2.05, 4.69) is 73.5 Å². The minimum absolute atomic E-state index is 0. The van der Waals surface area contributed by atoms with Crippen LogP contribution in [0.1, 0.15) is 22.3 Å². The summed E-state index contributed by atoms with van der Waals surface area (Å²) in [5.41, 5.74) is 5.32. The van der Waals surface area contributed by atoms with E-state index in [9.17, 15) is 0 Å². The Bertz CT molecular complexity index is 681. The van der Waals surface area contributed by atoms with Crippen molar-refractivity contribution in [3.8, 4) is 5.75 Å². The molecule has 3 rings (SSSR count). The molecule has 1 aliphatic heterocycles. The van der Waals surface area contributed by atoms with Crippen LogP contribution in [-0.2, 0) is 13.0 Å². The Morgan fingerprint density at radius 2 is 2.00 bits per heavy atom. The van der Waals surface area contributed by atoms with Crippen LogP contribution in [0.5, 0.6) is 5.75 Å². The quantitative estimate of drug-likeness (QED) is 0.801. The maximum atomic E-state index is 5.56. The van der Waals surface area contributed by atoms with E-state index in [0.717, 1.165) is 31.9 Å². The van der Waals surface area contributed by atoms with Crippen LogP contribution in [0, 0.1) is 6.92 Å². The second-order valence-corrected chi connectivity index (χ2v) is 6.00. The Hall–Kier alpha value is -1.77. The molecule has 23 heavy (non-hydrogen) atoms. The Kier molecular flexibility index (Phi) is 6.26. The fraction of sp³-hybridized carbons (Fsp3) is 0.300. The Morgan fingerprint density at radius 1 is 1.17 bits per heavy atom. The van der Waals surface area contributed by atoms with Gasteiger partial charge >= 0.3 is 0 Å². The topological polar surface area (TPSA) is 12.5 Å². The molecule has 0 amide bonds. The lowest BCUT2D eigenvalue weighted by molar-refractivity contribution is 0.356. The fourth-order valence-electron chi connectivity index (χ4n) is 2.85. The van der Waals surface area contributed by atoms with Crippen molar-refractivity contribution in [2.45, 2.75) is 19.9 Å². The second kappa shape index (κ2) is 8.19. The highest BCUT2D eigenvalue weighted by molar-refractivity contribution is 5.85. The Balaban J connectivity index is 0.00000192. The number of hydrogen-bond acceptors (Lipinski definition) is 2. The molecule has 2 nitrogen and oxygen atoms in total. The van der Waals surface area contributed by atoms with E-state index >= 15 is 0 Å². The van der Waals surface area contributed by atoms with Crippen molar-refractivity contribution in [3.63, 3.8) is 0 Å². The molecule has 0 unspecified atom stereocenters. The van der Waals surface area contributed by atoms with Crippen LogP contribution in [0.2, 0.25) is 0 Å². The van der Waals surface area contributed by atoms with Crippen LogP contribution in [-0.4, -0.2) is 25.1 Å². The summed E-state index contributed by atoms with van der Waals surface area (Å²) in [6.07, 6.45) is 5.49. The highest BCUT2D eigenvalue weighted by Gasteiger charge is 2.12. The molecule has 0 spiro atoms. The van der Waals surface area contributed by atoms with Gasteiger partial charge in [-0.25, -0.2) is 0 Å². The average Bonchev–Trinajstić information content (AvgIpc) is 2.97. The lowest BCUT2D eigenvalue weighted by Gasteiger charge is -2.15. The molecular weight excluding hydrogens is 306 g/mol. The van der Waals surface area contributed by atoms with Crippen molar-refractivity contribution in [1.82, 2.24) is 4.90 Å². The smallest absolute Gasteiger partial charge is 0.122 e. The molecule has 2 aromatic carbocycles. The number of rotatable bonds is 5. The molecule has 2 aromatic rings. The third-order valence-electron chi connectivity index (χ3n) is 4.11. The van der Waals surface area contributed by atoms with Gasteiger partial charge in [0.1, 0.15) is 5.75 Å². The first-order chi connectivity index (χ1) is 10.7. The van der Waals surface area contributed by atoms with Crippen LogP contribution >= 0.6 is 12.4 Å². The predicted octanol–water partition coefficient (Wildman–Crippen LogP) is 4.50. The van der Waals surface area contributed by atoms with Gasteiger partial charge in [0.25, 0.3) is 0 Å². The summed E-state index contributed by atoms with van der Waals surface area (Å²) in [5, 5.41) is 0. The third kappa shape index (κ3) is 4.60. The van der Waals surface area contributed by atoms with Gasteiger partial charge in [0, 0.05) is 19.5 Å². The van der Waals surface area contributed by atoms with Crippen molar-refractivity contribution in [2.24, 2.45) is 0 Å². The summed E-state index contributed by atoms with van der Waals surface area (Å²) in [6.45, 7) is 4.89. The van der Waals surface area contributed by atoms with Gasteiger partial charge < -0.3 is 4.74 Å². The van der Waals surface area contributed by atoms with E-state index in [1.165, 1.54) is 22.3 Å². The van der Waals surface area contributed by atoms with E-state index in [1.54, 1.807) is 0 Å². The SMILES string of the molecule is Cc1ccccc1/C=C/CN(C)Cc1ccc2c(c1)CCO2.Cl. The minimum Gasteiger partial charge on any atom is -0.493 e. The third-order valence-corrected chi connectivity index (χ3v) is 4.11. The van der Waals surface area contributed by atoms with Crippen LogP contribution in [0.4, 0.5) is 0 Å². The van der Waals surface area contributed by atoms with Gasteiger partial charge in [-0.2, -0.15) is 0 Å². The summed E-state index contributed by atoms with van der Waals surface area (Å²) in [4.78, 5) is 2.33. The highest BCUT2D eigenvalue weighted by atomic mass is 35.5. The molecule has 0 N–H and O–H groups in total. The van der Waals surface area contributed by atoms with Crippen molar-refractivity contribution >= 4 is 18.5 Å². The fourth-order valence-corrected chi connectivity index (χ4v) is 2.85. The highest BCUT2D eigenvalue weighted by Crippen LogP contribution is 2.26. The van der Waals surface area contributed by atoms with E-state index in [-0.39, 0.29) is 12.4 Å². The van der Waals surface area contributed by atoms with Crippen LogP contribution in [0.15, 0.2) is 48.5 Å². The number of fused-ring (bicyclic) bond motifs is 1. The summed E-state index contributed by atoms with van der Waals surface area (Å²) in [7, 11) is 2.16. The molecule has 0 saturated carbocycles. The number of halogens is 1.